The summed E-state index contributed by atoms with van der Waals surface area (Å²) < 4.78 is 5.83. The number of furan rings is 1. The number of aromatic nitrogens is 1. The molecule has 92 valence electrons. The van der Waals surface area contributed by atoms with Gasteiger partial charge in [0.1, 0.15) is 5.76 Å². The minimum absolute atomic E-state index is 0.471. The number of pyridine rings is 1. The van der Waals surface area contributed by atoms with Crippen LogP contribution < -0.4 is 5.73 Å². The molecular formula is C15H16N2O. The van der Waals surface area contributed by atoms with Gasteiger partial charge in [-0.1, -0.05) is 32.0 Å². The first-order valence-electron chi connectivity index (χ1n) is 6.22. The van der Waals surface area contributed by atoms with Gasteiger partial charge in [0, 0.05) is 17.2 Å². The molecule has 2 N–H and O–H groups in total. The van der Waals surface area contributed by atoms with E-state index in [4.69, 9.17) is 10.2 Å². The molecule has 0 atom stereocenters. The highest BCUT2D eigenvalue weighted by atomic mass is 16.3. The minimum Gasteiger partial charge on any atom is -0.457 e. The number of anilines is 1. The second-order valence-electron chi connectivity index (χ2n) is 5.07. The lowest BCUT2D eigenvalue weighted by Crippen LogP contribution is -1.91. The fourth-order valence-electron chi connectivity index (χ4n) is 2.31. The van der Waals surface area contributed by atoms with Crippen molar-refractivity contribution in [2.24, 2.45) is 5.92 Å². The molecule has 0 amide bonds. The van der Waals surface area contributed by atoms with E-state index in [1.807, 2.05) is 18.2 Å². The van der Waals surface area contributed by atoms with Crippen molar-refractivity contribution in [3.63, 3.8) is 0 Å². The zero-order valence-electron chi connectivity index (χ0n) is 10.6. The van der Waals surface area contributed by atoms with Gasteiger partial charge >= 0.3 is 0 Å². The maximum absolute atomic E-state index is 5.96. The topological polar surface area (TPSA) is 52.0 Å². The third-order valence-corrected chi connectivity index (χ3v) is 3.06. The zero-order valence-corrected chi connectivity index (χ0v) is 10.6. The number of nitrogens with zero attached hydrogens (tertiary/aromatic N) is 1. The molecule has 3 rings (SSSR count). The molecular weight excluding hydrogens is 224 g/mol. The molecule has 0 fully saturated rings. The van der Waals surface area contributed by atoms with Gasteiger partial charge in [0.25, 0.3) is 0 Å². The van der Waals surface area contributed by atoms with Crippen LogP contribution in [0.2, 0.25) is 0 Å². The van der Waals surface area contributed by atoms with E-state index in [0.29, 0.717) is 17.3 Å². The van der Waals surface area contributed by atoms with E-state index < -0.39 is 0 Å². The van der Waals surface area contributed by atoms with Gasteiger partial charge in [0.15, 0.2) is 11.4 Å². The van der Waals surface area contributed by atoms with Crippen LogP contribution in [0.3, 0.4) is 0 Å². The molecule has 0 aliphatic heterocycles. The van der Waals surface area contributed by atoms with Crippen LogP contribution in [0.1, 0.15) is 19.6 Å². The van der Waals surface area contributed by atoms with E-state index in [9.17, 15) is 0 Å². The molecule has 2 heterocycles. The molecule has 3 heteroatoms. The predicted molar refractivity (Wildman–Crippen MR) is 74.5 cm³/mol. The van der Waals surface area contributed by atoms with E-state index in [1.165, 1.54) is 0 Å². The van der Waals surface area contributed by atoms with Crippen molar-refractivity contribution >= 4 is 27.7 Å². The van der Waals surface area contributed by atoms with Crippen molar-refractivity contribution in [1.29, 1.82) is 0 Å². The third-order valence-electron chi connectivity index (χ3n) is 3.06. The van der Waals surface area contributed by atoms with E-state index in [0.717, 1.165) is 28.5 Å². The molecule has 0 saturated carbocycles. The fraction of sp³-hybridized carbons (Fsp3) is 0.267. The highest BCUT2D eigenvalue weighted by Crippen LogP contribution is 2.31. The molecule has 0 aliphatic rings. The number of rotatable bonds is 2. The highest BCUT2D eigenvalue weighted by molar-refractivity contribution is 6.07. The van der Waals surface area contributed by atoms with Crippen molar-refractivity contribution in [1.82, 2.24) is 4.98 Å². The lowest BCUT2D eigenvalue weighted by atomic mass is 10.1. The van der Waals surface area contributed by atoms with E-state index >= 15 is 0 Å². The summed E-state index contributed by atoms with van der Waals surface area (Å²) in [5.74, 6) is 2.01. The zero-order chi connectivity index (χ0) is 12.7. The van der Waals surface area contributed by atoms with E-state index in [1.54, 1.807) is 0 Å². The van der Waals surface area contributed by atoms with Gasteiger partial charge in [-0.25, -0.2) is 4.98 Å². The monoisotopic (exact) mass is 240 g/mol. The van der Waals surface area contributed by atoms with Gasteiger partial charge in [0.2, 0.25) is 0 Å². The highest BCUT2D eigenvalue weighted by Gasteiger charge is 2.12. The first-order chi connectivity index (χ1) is 8.65. The first-order valence-corrected chi connectivity index (χ1v) is 6.22. The average molecular weight is 240 g/mol. The number of nitrogen functional groups attached to an aromatic ring is 1. The van der Waals surface area contributed by atoms with Crippen LogP contribution >= 0.6 is 0 Å². The Hall–Kier alpha value is -2.03. The van der Waals surface area contributed by atoms with Crippen molar-refractivity contribution in [2.45, 2.75) is 20.3 Å². The maximum atomic E-state index is 5.96. The second-order valence-corrected chi connectivity index (χ2v) is 5.07. The Bertz CT molecular complexity index is 713. The van der Waals surface area contributed by atoms with Crippen molar-refractivity contribution < 1.29 is 4.42 Å². The maximum Gasteiger partial charge on any atom is 0.176 e. The summed E-state index contributed by atoms with van der Waals surface area (Å²) in [7, 11) is 0. The Balaban J connectivity index is 2.31. The lowest BCUT2D eigenvalue weighted by molar-refractivity contribution is 0.500. The molecule has 1 aromatic carbocycles. The summed E-state index contributed by atoms with van der Waals surface area (Å²) in [5, 5.41) is 2.16. The molecule has 0 bridgehead atoms. The molecule has 3 nitrogen and oxygen atoms in total. The van der Waals surface area contributed by atoms with Crippen molar-refractivity contribution in [3.8, 4) is 0 Å². The van der Waals surface area contributed by atoms with Crippen LogP contribution in [0.4, 0.5) is 5.82 Å². The van der Waals surface area contributed by atoms with Crippen LogP contribution in [-0.2, 0) is 6.42 Å². The Labute approximate surface area is 106 Å². The number of hydrogen-bond donors (Lipinski definition) is 1. The Kier molecular flexibility index (Phi) is 2.47. The van der Waals surface area contributed by atoms with E-state index in [2.05, 4.69) is 31.0 Å². The number of benzene rings is 1. The summed E-state index contributed by atoms with van der Waals surface area (Å²) >= 11 is 0. The van der Waals surface area contributed by atoms with Crippen LogP contribution in [0, 0.1) is 5.92 Å². The van der Waals surface area contributed by atoms with Gasteiger partial charge in [-0.05, 0) is 18.1 Å². The summed E-state index contributed by atoms with van der Waals surface area (Å²) in [5.41, 5.74) is 7.59. The Morgan fingerprint density at radius 1 is 1.22 bits per heavy atom. The average Bonchev–Trinajstić information content (AvgIpc) is 2.73. The van der Waals surface area contributed by atoms with Gasteiger partial charge in [-0.2, -0.15) is 0 Å². The quantitative estimate of drug-likeness (QED) is 0.742. The van der Waals surface area contributed by atoms with Crippen LogP contribution in [0.25, 0.3) is 21.9 Å². The van der Waals surface area contributed by atoms with Crippen LogP contribution in [0.15, 0.2) is 34.7 Å². The Morgan fingerprint density at radius 2 is 2.00 bits per heavy atom. The molecule has 0 aliphatic carbocycles. The molecule has 3 aromatic rings. The largest absolute Gasteiger partial charge is 0.457 e. The molecule has 0 saturated heterocycles. The molecule has 0 unspecified atom stereocenters. The SMILES string of the molecule is CC(C)Cc1cc2c(o1)c(N)nc1ccccc12. The van der Waals surface area contributed by atoms with Gasteiger partial charge in [0.05, 0.1) is 5.52 Å². The second kappa shape index (κ2) is 4.02. The van der Waals surface area contributed by atoms with Gasteiger partial charge < -0.3 is 10.2 Å². The van der Waals surface area contributed by atoms with Gasteiger partial charge in [-0.15, -0.1) is 0 Å². The minimum atomic E-state index is 0.471. The van der Waals surface area contributed by atoms with E-state index in [-0.39, 0.29) is 0 Å². The Morgan fingerprint density at radius 3 is 2.78 bits per heavy atom. The lowest BCUT2D eigenvalue weighted by Gasteiger charge is -2.00. The normalized spacial score (nSPS) is 11.7. The number of hydrogen-bond acceptors (Lipinski definition) is 3. The van der Waals surface area contributed by atoms with Crippen molar-refractivity contribution in [2.75, 3.05) is 5.73 Å². The summed E-state index contributed by atoms with van der Waals surface area (Å²) in [6.45, 7) is 4.35. The predicted octanol–water partition coefficient (Wildman–Crippen LogP) is 3.76. The molecule has 0 spiro atoms. The van der Waals surface area contributed by atoms with Crippen LogP contribution in [-0.4, -0.2) is 4.98 Å². The summed E-state index contributed by atoms with van der Waals surface area (Å²) in [6, 6.07) is 10.1. The smallest absolute Gasteiger partial charge is 0.176 e. The number of fused-ring (bicyclic) bond motifs is 3. The first kappa shape index (κ1) is 11.1. The molecule has 18 heavy (non-hydrogen) atoms. The number of nitrogens with two attached hydrogens (primary N) is 1. The molecule has 2 aromatic heterocycles. The fourth-order valence-corrected chi connectivity index (χ4v) is 2.31. The number of para-hydroxylation sites is 1. The van der Waals surface area contributed by atoms with Crippen molar-refractivity contribution in [3.05, 3.63) is 36.1 Å². The molecule has 0 radical (unpaired) electrons. The third kappa shape index (κ3) is 1.72. The van der Waals surface area contributed by atoms with Gasteiger partial charge in [-0.3, -0.25) is 0 Å². The van der Waals surface area contributed by atoms with Crippen LogP contribution in [0.5, 0.6) is 0 Å². The standard InChI is InChI=1S/C15H16N2O/c1-9(2)7-10-8-12-11-5-3-4-6-13(11)17-15(16)14(12)18-10/h3-6,8-9H,7H2,1-2H3,(H2,16,17). The summed E-state index contributed by atoms with van der Waals surface area (Å²) in [6.07, 6.45) is 0.919. The summed E-state index contributed by atoms with van der Waals surface area (Å²) in [4.78, 5) is 4.38.